The minimum atomic E-state index is -1.49. The molecule has 0 saturated carbocycles. The number of amides is 1. The number of non-ortho nitro benzene ring substituents is 1. The number of nitrogens with zero attached hydrogens (tertiary/aromatic N) is 3. The number of rotatable bonds is 15. The first-order valence-electron chi connectivity index (χ1n) is 25.4. The fourth-order valence-electron chi connectivity index (χ4n) is 9.39. The number of carboxylic acid groups (broad SMARTS) is 1. The molecule has 1 aliphatic carbocycles. The fourth-order valence-corrected chi connectivity index (χ4v) is 10.1. The number of hydrogen-bond donors (Lipinski definition) is 4. The molecule has 0 saturated heterocycles. The number of phenolic OH excluding ortho intramolecular Hbond substituents is 1. The van der Waals surface area contributed by atoms with Crippen LogP contribution in [0, 0.1) is 27.2 Å². The second kappa shape index (κ2) is 26.0. The van der Waals surface area contributed by atoms with Gasteiger partial charge in [-0.15, -0.1) is 0 Å². The molecule has 4 heterocycles. The average molecular weight is 1260 g/mol. The first-order valence-corrected chi connectivity index (χ1v) is 26.9. The van der Waals surface area contributed by atoms with Gasteiger partial charge < -0.3 is 48.9 Å². The van der Waals surface area contributed by atoms with Crippen molar-refractivity contribution in [2.45, 2.75) is 19.4 Å². The van der Waals surface area contributed by atoms with Gasteiger partial charge in [0.15, 0.2) is 11.4 Å². The quantitative estimate of drug-likeness (QED) is 0.0141. The van der Waals surface area contributed by atoms with Crippen LogP contribution in [0.5, 0.6) is 28.7 Å². The molecule has 1 unspecified atom stereocenters. The molecule has 3 aliphatic heterocycles. The second-order valence-corrected chi connectivity index (χ2v) is 20.3. The van der Waals surface area contributed by atoms with Gasteiger partial charge in [-0.3, -0.25) is 44.4 Å². The summed E-state index contributed by atoms with van der Waals surface area (Å²) in [5, 5.41) is 48.5. The zero-order valence-electron chi connectivity index (χ0n) is 44.9. The average Bonchev–Trinajstić information content (AvgIpc) is 1.65. The number of benzene rings is 7. The molecular weight excluding hydrogens is 1220 g/mol. The SMILES string of the molecule is CC(=O)Oc1cc2c(cc1Cl)C1(OC(=O)c3ccc(OC=O)cc31)c1cc(Cl)c(C)cc1O2.O=C(NCCOCCNc1ccc([N+](=O)[O-])cc1[N+](=O)[O-])c1ccc(C(=O)O)c(-c2c3cc(Cl)c(=O)cc-3oc3cc(O)c(Cl)cc23)c1.c1ccncc1. The van der Waals surface area contributed by atoms with Crippen LogP contribution >= 0.6 is 46.4 Å². The highest BCUT2D eigenvalue weighted by Gasteiger charge is 2.54. The summed E-state index contributed by atoms with van der Waals surface area (Å²) in [5.74, 6) is -2.31. The summed E-state index contributed by atoms with van der Waals surface area (Å²) in [6.45, 7) is 3.64. The van der Waals surface area contributed by atoms with Crippen LogP contribution in [0.15, 0.2) is 143 Å². The number of hydrogen-bond acceptors (Lipinski definition) is 19. The van der Waals surface area contributed by atoms with Crippen LogP contribution < -0.4 is 30.3 Å². The molecule has 442 valence electrons. The number of ether oxygens (including phenoxy) is 5. The van der Waals surface area contributed by atoms with Crippen molar-refractivity contribution in [3.8, 4) is 51.2 Å². The molecule has 4 N–H and O–H groups in total. The number of aromatic hydroxyl groups is 1. The predicted octanol–water partition coefficient (Wildman–Crippen LogP) is 12.4. The van der Waals surface area contributed by atoms with Crippen LogP contribution in [0.1, 0.15) is 60.3 Å². The molecule has 27 heteroatoms. The summed E-state index contributed by atoms with van der Waals surface area (Å²) >= 11 is 25.2. The van der Waals surface area contributed by atoms with Crippen molar-refractivity contribution in [3.05, 3.63) is 223 Å². The van der Waals surface area contributed by atoms with E-state index >= 15 is 0 Å². The molecular formula is C60H41Cl4N5O18. The van der Waals surface area contributed by atoms with Crippen molar-refractivity contribution in [2.24, 2.45) is 0 Å². The lowest BCUT2D eigenvalue weighted by Crippen LogP contribution is -2.33. The highest BCUT2D eigenvalue weighted by Crippen LogP contribution is 2.59. The van der Waals surface area contributed by atoms with Crippen molar-refractivity contribution < 1.29 is 72.1 Å². The third kappa shape index (κ3) is 12.9. The molecule has 6 aromatic carbocycles. The van der Waals surface area contributed by atoms with Gasteiger partial charge in [-0.25, -0.2) is 9.59 Å². The van der Waals surface area contributed by atoms with E-state index in [0.717, 1.165) is 23.8 Å². The van der Waals surface area contributed by atoms with Crippen LogP contribution in [0.25, 0.3) is 33.4 Å². The Morgan fingerprint density at radius 1 is 0.759 bits per heavy atom. The number of carbonyl (C=O) groups is 5. The predicted molar refractivity (Wildman–Crippen MR) is 316 cm³/mol. The number of halogens is 4. The van der Waals surface area contributed by atoms with E-state index in [0.29, 0.717) is 33.9 Å². The summed E-state index contributed by atoms with van der Waals surface area (Å²) in [6, 6.07) is 28.8. The Balaban J connectivity index is 0.000000199. The van der Waals surface area contributed by atoms with Gasteiger partial charge in [0.1, 0.15) is 40.0 Å². The van der Waals surface area contributed by atoms with E-state index < -0.39 is 56.1 Å². The maximum absolute atomic E-state index is 13.1. The molecule has 1 amide bonds. The topological polar surface area (TPSA) is 325 Å². The summed E-state index contributed by atoms with van der Waals surface area (Å²) in [4.78, 5) is 97.7. The highest BCUT2D eigenvalue weighted by atomic mass is 35.5. The number of nitro groups is 2. The Morgan fingerprint density at radius 3 is 2.15 bits per heavy atom. The van der Waals surface area contributed by atoms with Gasteiger partial charge in [-0.05, 0) is 103 Å². The van der Waals surface area contributed by atoms with Crippen LogP contribution in [-0.2, 0) is 24.7 Å². The lowest BCUT2D eigenvalue weighted by Gasteiger charge is -2.37. The maximum Gasteiger partial charge on any atom is 0.340 e. The number of aromatic nitrogens is 1. The van der Waals surface area contributed by atoms with Gasteiger partial charge in [0.25, 0.3) is 23.8 Å². The normalized spacial score (nSPS) is 13.2. The molecule has 11 rings (SSSR count). The third-order valence-electron chi connectivity index (χ3n) is 13.2. The minimum Gasteiger partial charge on any atom is -0.506 e. The Kier molecular flexibility index (Phi) is 18.3. The van der Waals surface area contributed by atoms with Gasteiger partial charge in [-0.2, -0.15) is 0 Å². The number of fused-ring (bicyclic) bond motifs is 8. The zero-order valence-corrected chi connectivity index (χ0v) is 47.9. The molecule has 1 atom stereocenters. The van der Waals surface area contributed by atoms with Gasteiger partial charge >= 0.3 is 17.9 Å². The summed E-state index contributed by atoms with van der Waals surface area (Å²) in [5.41, 5.74) is 0.0334. The molecule has 87 heavy (non-hydrogen) atoms. The minimum absolute atomic E-state index is 0.0410. The molecule has 23 nitrogen and oxygen atoms in total. The molecule has 1 spiro atoms. The monoisotopic (exact) mass is 1260 g/mol. The van der Waals surface area contributed by atoms with Crippen molar-refractivity contribution in [3.63, 3.8) is 0 Å². The second-order valence-electron chi connectivity index (χ2n) is 18.7. The van der Waals surface area contributed by atoms with E-state index in [1.807, 2.05) is 25.1 Å². The number of aryl methyl sites for hydroxylation is 1. The van der Waals surface area contributed by atoms with E-state index in [4.69, 9.17) is 74.5 Å². The number of pyridine rings is 1. The number of phenols is 1. The van der Waals surface area contributed by atoms with Crippen molar-refractivity contribution in [1.82, 2.24) is 10.3 Å². The van der Waals surface area contributed by atoms with Crippen LogP contribution in [0.2, 0.25) is 20.1 Å². The van der Waals surface area contributed by atoms with Crippen LogP contribution in [-0.4, -0.2) is 81.6 Å². The maximum atomic E-state index is 13.1. The molecule has 0 fully saturated rings. The lowest BCUT2D eigenvalue weighted by molar-refractivity contribution is -0.393. The number of esters is 2. The Bertz CT molecular complexity index is 4290. The largest absolute Gasteiger partial charge is 0.506 e. The van der Waals surface area contributed by atoms with Crippen LogP contribution in [0.4, 0.5) is 17.1 Å². The zero-order chi connectivity index (χ0) is 62.4. The van der Waals surface area contributed by atoms with Crippen LogP contribution in [0.3, 0.4) is 0 Å². The van der Waals surface area contributed by atoms with E-state index in [1.54, 1.807) is 30.6 Å². The standard InChI is InChI=1S/C31H22Cl2N4O11.C24H14Cl2O7.C5H5N/c32-21-11-19-27(13-25(21)38)48-28-14-26(39)22(33)12-20(28)29(19)18-9-15(1-3-17(18)31(41)42)30(40)35-6-8-47-7-5-34-23-4-2-16(36(43)44)10-24(23)37(45)46;1-11-5-20-16(7-18(11)25)24(15-6-13(30-10-27)3-4-14(15)23(29)33-24)17-8-19(26)22(31-12(2)28)9-21(17)32-20;1-2-4-6-5-3-1/h1-4,9-14,34,38H,5-8H2,(H,35,40)(H,41,42);3-10H,1-2H3;1-5H. The first kappa shape index (κ1) is 61.4. The lowest BCUT2D eigenvalue weighted by atomic mass is 9.77. The molecule has 0 radical (unpaired) electrons. The molecule has 0 bridgehead atoms. The Labute approximate surface area is 510 Å². The summed E-state index contributed by atoms with van der Waals surface area (Å²) < 4.78 is 33.7. The number of aromatic carboxylic acids is 1. The van der Waals surface area contributed by atoms with E-state index in [9.17, 15) is 59.2 Å². The van der Waals surface area contributed by atoms with Gasteiger partial charge in [0, 0.05) is 100 Å². The van der Waals surface area contributed by atoms with E-state index in [1.165, 1.54) is 73.7 Å². The molecule has 1 aromatic heterocycles. The smallest absolute Gasteiger partial charge is 0.340 e. The number of nitro benzene ring substituents is 2. The summed E-state index contributed by atoms with van der Waals surface area (Å²) in [6.07, 6.45) is 3.50. The number of carboxylic acids is 1. The number of anilines is 1. The van der Waals surface area contributed by atoms with Crippen molar-refractivity contribution in [1.29, 1.82) is 0 Å². The molecule has 7 aromatic rings. The van der Waals surface area contributed by atoms with Crippen molar-refractivity contribution >= 4 is 105 Å². The fraction of sp³-hybridized carbons (Fsp3) is 0.117. The molecule has 4 aliphatic rings. The third-order valence-corrected chi connectivity index (χ3v) is 14.5. The first-order chi connectivity index (χ1) is 41.6. The number of nitrogens with one attached hydrogen (secondary N) is 2. The summed E-state index contributed by atoms with van der Waals surface area (Å²) in [7, 11) is 0. The van der Waals surface area contributed by atoms with Gasteiger partial charge in [0.2, 0.25) is 5.43 Å². The van der Waals surface area contributed by atoms with Gasteiger partial charge in [-0.1, -0.05) is 52.5 Å². The van der Waals surface area contributed by atoms with Crippen molar-refractivity contribution in [2.75, 3.05) is 31.6 Å². The van der Waals surface area contributed by atoms with E-state index in [2.05, 4.69) is 15.6 Å². The van der Waals surface area contributed by atoms with E-state index in [-0.39, 0.29) is 120 Å². The highest BCUT2D eigenvalue weighted by molar-refractivity contribution is 6.34. The Morgan fingerprint density at radius 2 is 1.48 bits per heavy atom. The van der Waals surface area contributed by atoms with Gasteiger partial charge in [0.05, 0.1) is 55.3 Å². The Hall–Kier alpha value is -10.2. The number of carbonyl (C=O) groups excluding carboxylic acids is 4.